The quantitative estimate of drug-likeness (QED) is 0.288. The number of rotatable bonds is 13. The van der Waals surface area contributed by atoms with E-state index in [1.807, 2.05) is 27.7 Å². The Kier molecular flexibility index (Phi) is 12.2. The monoisotopic (exact) mass is 546 g/mol. The van der Waals surface area contributed by atoms with Crippen LogP contribution in [0.3, 0.4) is 0 Å². The van der Waals surface area contributed by atoms with Crippen molar-refractivity contribution in [1.82, 2.24) is 14.2 Å². The third-order valence-corrected chi connectivity index (χ3v) is 9.16. The Hall–Kier alpha value is -1.67. The molecule has 202 valence electrons. The van der Waals surface area contributed by atoms with Gasteiger partial charge in [-0.15, -0.1) is 0 Å². The normalized spacial score (nSPS) is 21.9. The second-order valence-electron chi connectivity index (χ2n) is 8.64. The molecule has 0 spiro atoms. The summed E-state index contributed by atoms with van der Waals surface area (Å²) in [7, 11) is -2.50. The molecule has 1 saturated heterocycles. The molecule has 4 atom stereocenters. The van der Waals surface area contributed by atoms with Gasteiger partial charge in [-0.05, 0) is 33.8 Å². The third-order valence-electron chi connectivity index (χ3n) is 5.45. The predicted molar refractivity (Wildman–Crippen MR) is 136 cm³/mol. The fourth-order valence-corrected chi connectivity index (χ4v) is 6.30. The van der Waals surface area contributed by atoms with E-state index in [0.29, 0.717) is 6.42 Å². The lowest BCUT2D eigenvalue weighted by molar-refractivity contribution is -0.0656. The molecule has 2 heterocycles. The number of hydrogen-bond acceptors (Lipinski definition) is 10. The van der Waals surface area contributed by atoms with Gasteiger partial charge in [0.25, 0.3) is 14.1 Å². The Morgan fingerprint density at radius 3 is 2.53 bits per heavy atom. The summed E-state index contributed by atoms with van der Waals surface area (Å²) < 4.78 is 44.6. The predicted octanol–water partition coefficient (Wildman–Crippen LogP) is 3.53. The zero-order valence-electron chi connectivity index (χ0n) is 21.5. The van der Waals surface area contributed by atoms with Crippen LogP contribution in [0.25, 0.3) is 0 Å². The van der Waals surface area contributed by atoms with Crippen LogP contribution in [-0.2, 0) is 27.4 Å². The van der Waals surface area contributed by atoms with Gasteiger partial charge in [-0.1, -0.05) is 0 Å². The minimum absolute atomic E-state index is 0.0801. The summed E-state index contributed by atoms with van der Waals surface area (Å²) in [5.74, 6) is 1.32. The van der Waals surface area contributed by atoms with Gasteiger partial charge in [0, 0.05) is 50.8 Å². The highest BCUT2D eigenvalue weighted by atomic mass is 31.2. The third kappa shape index (κ3) is 8.44. The summed E-state index contributed by atoms with van der Waals surface area (Å²) in [6, 6.07) is 3.08. The molecular weight excluding hydrogens is 510 g/mol. The van der Waals surface area contributed by atoms with Crippen LogP contribution >= 0.6 is 16.1 Å². The van der Waals surface area contributed by atoms with Crippen molar-refractivity contribution in [3.05, 3.63) is 45.0 Å². The van der Waals surface area contributed by atoms with E-state index in [4.69, 9.17) is 28.1 Å². The molecule has 0 aromatic carbocycles. The van der Waals surface area contributed by atoms with E-state index in [2.05, 4.69) is 15.7 Å². The van der Waals surface area contributed by atoms with Gasteiger partial charge in [0.15, 0.2) is 0 Å². The first-order valence-electron chi connectivity index (χ1n) is 11.6. The molecular formula is C22H36N4O8P2. The van der Waals surface area contributed by atoms with Crippen molar-refractivity contribution in [2.45, 2.75) is 70.9 Å². The van der Waals surface area contributed by atoms with Crippen molar-refractivity contribution < 1.29 is 27.4 Å². The number of aromatic amines is 1. The summed E-state index contributed by atoms with van der Waals surface area (Å²) in [4.78, 5) is 26.2. The van der Waals surface area contributed by atoms with E-state index in [0.717, 1.165) is 0 Å². The molecule has 1 aromatic rings. The zero-order chi connectivity index (χ0) is 26.9. The van der Waals surface area contributed by atoms with Gasteiger partial charge in [0.1, 0.15) is 6.10 Å². The van der Waals surface area contributed by atoms with E-state index in [-0.39, 0.29) is 31.7 Å². The van der Waals surface area contributed by atoms with Crippen molar-refractivity contribution >= 4 is 16.1 Å². The highest BCUT2D eigenvalue weighted by Gasteiger charge is 2.38. The maximum atomic E-state index is 12.6. The van der Waals surface area contributed by atoms with Crippen LogP contribution in [0.15, 0.2) is 33.7 Å². The molecule has 14 heteroatoms. The van der Waals surface area contributed by atoms with Crippen LogP contribution in [0.2, 0.25) is 0 Å². The minimum Gasteiger partial charge on any atom is -0.369 e. The van der Waals surface area contributed by atoms with Crippen molar-refractivity contribution in [2.24, 2.45) is 0 Å². The molecule has 0 saturated carbocycles. The summed E-state index contributed by atoms with van der Waals surface area (Å²) in [6.07, 6.45) is 2.28. The van der Waals surface area contributed by atoms with Gasteiger partial charge in [0.2, 0.25) is 0 Å². The molecule has 1 aliphatic rings. The standard InChI is InChI=1S/C22H36N4O8P2/c1-16(2)26(17(3)4)35(33-12-7-10-23)34-20-14-18(25-11-8-21(27)24-22(25)28)15-32-19(20)9-13-36(29,30-5)31-6/h8-9,11,13,16-20H,7,12,14-15H2,1-6H3,(H,24,27,28)/b13-9+. The number of nitriles is 1. The smallest absolute Gasteiger partial charge is 0.353 e. The van der Waals surface area contributed by atoms with Crippen LogP contribution in [-0.4, -0.2) is 65.9 Å². The number of hydrogen-bond donors (Lipinski definition) is 1. The van der Waals surface area contributed by atoms with Gasteiger partial charge >= 0.3 is 13.3 Å². The number of nitrogens with one attached hydrogen (secondary N) is 1. The highest BCUT2D eigenvalue weighted by Crippen LogP contribution is 2.51. The van der Waals surface area contributed by atoms with Crippen LogP contribution in [0.1, 0.15) is 46.6 Å². The fourth-order valence-electron chi connectivity index (χ4n) is 3.79. The van der Waals surface area contributed by atoms with Gasteiger partial charge in [-0.25, -0.2) is 9.46 Å². The SMILES string of the molecule is COP(=O)(/C=C/C1OCC(n2ccc(=O)[nH]c2=O)CC1OP(OCCC#N)N(C(C)C)C(C)C)OC. The first-order chi connectivity index (χ1) is 17.0. The summed E-state index contributed by atoms with van der Waals surface area (Å²) in [5.41, 5.74) is -1.04. The van der Waals surface area contributed by atoms with Crippen molar-refractivity contribution in [3.63, 3.8) is 0 Å². The lowest BCUT2D eigenvalue weighted by Gasteiger charge is -2.41. The molecule has 0 radical (unpaired) electrons. The molecule has 0 aliphatic carbocycles. The maximum Gasteiger partial charge on any atom is 0.353 e. The lowest BCUT2D eigenvalue weighted by Crippen LogP contribution is -2.44. The molecule has 1 N–H and O–H groups in total. The number of nitrogens with zero attached hydrogens (tertiary/aromatic N) is 3. The van der Waals surface area contributed by atoms with E-state index < -0.39 is 45.6 Å². The first kappa shape index (κ1) is 30.6. The summed E-state index contributed by atoms with van der Waals surface area (Å²) in [5, 5.41) is 8.98. The lowest BCUT2D eigenvalue weighted by atomic mass is 10.0. The number of aromatic nitrogens is 2. The Morgan fingerprint density at radius 2 is 1.97 bits per heavy atom. The summed E-state index contributed by atoms with van der Waals surface area (Å²) >= 11 is 0. The van der Waals surface area contributed by atoms with Crippen LogP contribution in [0.4, 0.5) is 0 Å². The van der Waals surface area contributed by atoms with Gasteiger partial charge in [-0.3, -0.25) is 18.9 Å². The second-order valence-corrected chi connectivity index (χ2v) is 12.2. The maximum absolute atomic E-state index is 12.6. The zero-order valence-corrected chi connectivity index (χ0v) is 23.3. The highest BCUT2D eigenvalue weighted by molar-refractivity contribution is 7.57. The van der Waals surface area contributed by atoms with E-state index in [9.17, 15) is 14.2 Å². The average molecular weight is 546 g/mol. The molecule has 1 aliphatic heterocycles. The van der Waals surface area contributed by atoms with Crippen LogP contribution < -0.4 is 11.2 Å². The molecule has 12 nitrogen and oxygen atoms in total. The van der Waals surface area contributed by atoms with E-state index >= 15 is 0 Å². The van der Waals surface area contributed by atoms with Crippen molar-refractivity contribution in [2.75, 3.05) is 27.4 Å². The first-order valence-corrected chi connectivity index (χ1v) is 14.4. The second kappa shape index (κ2) is 14.3. The average Bonchev–Trinajstić information content (AvgIpc) is 2.82. The van der Waals surface area contributed by atoms with Gasteiger partial charge in [-0.2, -0.15) is 5.26 Å². The largest absolute Gasteiger partial charge is 0.369 e. The van der Waals surface area contributed by atoms with E-state index in [1.165, 1.54) is 36.9 Å². The molecule has 4 unspecified atom stereocenters. The minimum atomic E-state index is -3.45. The Balaban J connectivity index is 2.41. The Bertz CT molecular complexity index is 1050. The number of H-pyrrole nitrogens is 1. The van der Waals surface area contributed by atoms with Crippen molar-refractivity contribution in [1.29, 1.82) is 5.26 Å². The molecule has 0 amide bonds. The Morgan fingerprint density at radius 1 is 1.31 bits per heavy atom. The van der Waals surface area contributed by atoms with E-state index in [1.54, 1.807) is 6.08 Å². The molecule has 1 aromatic heterocycles. The van der Waals surface area contributed by atoms with Gasteiger partial charge < -0.3 is 22.8 Å². The topological polar surface area (TPSA) is 145 Å². The Labute approximate surface area is 212 Å². The van der Waals surface area contributed by atoms with Crippen LogP contribution in [0.5, 0.6) is 0 Å². The number of ether oxygens (including phenoxy) is 1. The fraction of sp³-hybridized carbons (Fsp3) is 0.682. The molecule has 1 fully saturated rings. The van der Waals surface area contributed by atoms with Gasteiger partial charge in [0.05, 0.1) is 37.8 Å². The van der Waals surface area contributed by atoms with Crippen LogP contribution in [0, 0.1) is 11.3 Å². The van der Waals surface area contributed by atoms with Crippen molar-refractivity contribution in [3.8, 4) is 6.07 Å². The molecule has 36 heavy (non-hydrogen) atoms. The molecule has 0 bridgehead atoms. The molecule has 2 rings (SSSR count). The summed E-state index contributed by atoms with van der Waals surface area (Å²) in [6.45, 7) is 8.44.